The quantitative estimate of drug-likeness (QED) is 0.311. The highest BCUT2D eigenvalue weighted by atomic mass is 16.7. The third-order valence-corrected chi connectivity index (χ3v) is 3.45. The van der Waals surface area contributed by atoms with Crippen molar-refractivity contribution in [2.45, 2.75) is 25.4 Å². The first-order valence-electron chi connectivity index (χ1n) is 5.98. The Morgan fingerprint density at radius 3 is 2.89 bits per heavy atom. The van der Waals surface area contributed by atoms with Crippen LogP contribution in [0.15, 0.2) is 35.6 Å². The maximum Gasteiger partial charge on any atom is 0.336 e. The zero-order valence-corrected chi connectivity index (χ0v) is 10.2. The zero-order valence-electron chi connectivity index (χ0n) is 10.2. The van der Waals surface area contributed by atoms with E-state index >= 15 is 0 Å². The molecule has 1 saturated heterocycles. The lowest BCUT2D eigenvalue weighted by Gasteiger charge is -2.14. The van der Waals surface area contributed by atoms with Crippen molar-refractivity contribution in [2.75, 3.05) is 0 Å². The number of rotatable bonds is 2. The Bertz CT molecular complexity index is 533. The number of aliphatic hydroxyl groups is 1. The van der Waals surface area contributed by atoms with Crippen molar-refractivity contribution in [3.05, 3.63) is 35.6 Å². The molecule has 1 fully saturated rings. The molecule has 2 heterocycles. The molecule has 0 spiro atoms. The van der Waals surface area contributed by atoms with Crippen molar-refractivity contribution in [1.29, 1.82) is 0 Å². The summed E-state index contributed by atoms with van der Waals surface area (Å²) in [4.78, 5) is 22.9. The number of carbonyl (C=O) groups excluding carboxylic acids is 2. The number of fused-ring (bicyclic) bond motifs is 1. The molecule has 0 aromatic heterocycles. The van der Waals surface area contributed by atoms with Crippen LogP contribution in [0.3, 0.4) is 0 Å². The fraction of sp³-hybridized carbons (Fsp3) is 0.385. The Labute approximate surface area is 109 Å². The molecular weight excluding hydrogens is 250 g/mol. The van der Waals surface area contributed by atoms with Gasteiger partial charge in [-0.2, -0.15) is 0 Å². The van der Waals surface area contributed by atoms with Gasteiger partial charge in [0, 0.05) is 17.6 Å². The smallest absolute Gasteiger partial charge is 0.336 e. The molecular formula is C13H13NO5. The monoisotopic (exact) mass is 263 g/mol. The van der Waals surface area contributed by atoms with Crippen LogP contribution < -0.4 is 5.32 Å². The number of carbonyl (C=O) groups is 2. The number of hydrogen-bond donors (Lipinski definition) is 2. The van der Waals surface area contributed by atoms with Gasteiger partial charge in [-0.25, -0.2) is 4.79 Å². The molecule has 6 nitrogen and oxygen atoms in total. The van der Waals surface area contributed by atoms with Gasteiger partial charge in [-0.15, -0.1) is 0 Å². The Morgan fingerprint density at radius 1 is 1.42 bits per heavy atom. The zero-order chi connectivity index (χ0) is 13.6. The van der Waals surface area contributed by atoms with Crippen molar-refractivity contribution in [3.63, 3.8) is 0 Å². The topological polar surface area (TPSA) is 84.9 Å². The summed E-state index contributed by atoms with van der Waals surface area (Å²) in [7, 11) is 0. The highest BCUT2D eigenvalue weighted by Crippen LogP contribution is 2.32. The molecule has 4 atom stereocenters. The third kappa shape index (κ3) is 1.94. The summed E-state index contributed by atoms with van der Waals surface area (Å²) < 4.78 is 10.2. The minimum absolute atomic E-state index is 0.194. The summed E-state index contributed by atoms with van der Waals surface area (Å²) in [5.74, 6) is -1.04. The number of cyclic esters (lactones) is 1. The van der Waals surface area contributed by atoms with Gasteiger partial charge in [-0.1, -0.05) is 12.2 Å². The minimum Gasteiger partial charge on any atom is -0.458 e. The van der Waals surface area contributed by atoms with E-state index in [1.165, 1.54) is 12.3 Å². The van der Waals surface area contributed by atoms with E-state index in [9.17, 15) is 14.7 Å². The molecule has 0 aromatic rings. The fourth-order valence-electron chi connectivity index (χ4n) is 2.43. The summed E-state index contributed by atoms with van der Waals surface area (Å²) in [5.41, 5.74) is 0.830. The fourth-order valence-corrected chi connectivity index (χ4v) is 2.43. The van der Waals surface area contributed by atoms with Gasteiger partial charge in [0.1, 0.15) is 0 Å². The van der Waals surface area contributed by atoms with Crippen molar-refractivity contribution in [3.8, 4) is 0 Å². The predicted molar refractivity (Wildman–Crippen MR) is 63.4 cm³/mol. The number of nitrogens with one attached hydrogen (secondary N) is 1. The molecule has 1 aliphatic carbocycles. The Kier molecular flexibility index (Phi) is 2.67. The van der Waals surface area contributed by atoms with Crippen molar-refractivity contribution in [1.82, 2.24) is 5.32 Å². The van der Waals surface area contributed by atoms with Crippen LogP contribution in [0.5, 0.6) is 0 Å². The van der Waals surface area contributed by atoms with E-state index in [0.29, 0.717) is 11.1 Å². The summed E-state index contributed by atoms with van der Waals surface area (Å²) in [5, 5.41) is 12.5. The molecule has 3 rings (SSSR count). The molecule has 19 heavy (non-hydrogen) atoms. The molecule has 2 aliphatic heterocycles. The highest BCUT2D eigenvalue weighted by molar-refractivity contribution is 5.97. The molecule has 6 heteroatoms. The molecule has 0 aromatic carbocycles. The highest BCUT2D eigenvalue weighted by Gasteiger charge is 2.43. The Balaban J connectivity index is 1.73. The molecule has 0 unspecified atom stereocenters. The maximum absolute atomic E-state index is 11.7. The van der Waals surface area contributed by atoms with Crippen LogP contribution >= 0.6 is 0 Å². The van der Waals surface area contributed by atoms with Crippen LogP contribution in [-0.4, -0.2) is 35.4 Å². The average Bonchev–Trinajstić information content (AvgIpc) is 2.96. The van der Waals surface area contributed by atoms with Crippen LogP contribution in [-0.2, 0) is 19.1 Å². The second-order valence-corrected chi connectivity index (χ2v) is 4.73. The number of hydrogen-bond acceptors (Lipinski definition) is 5. The number of aliphatic hydroxyl groups excluding tert-OH is 1. The van der Waals surface area contributed by atoms with Crippen LogP contribution in [0.25, 0.3) is 0 Å². The number of ether oxygens (including phenoxy) is 2. The van der Waals surface area contributed by atoms with Crippen molar-refractivity contribution < 1.29 is 24.2 Å². The first-order chi connectivity index (χ1) is 9.06. The molecule has 1 amide bonds. The van der Waals surface area contributed by atoms with E-state index in [-0.39, 0.29) is 17.9 Å². The van der Waals surface area contributed by atoms with E-state index in [4.69, 9.17) is 9.47 Å². The molecule has 3 aliphatic rings. The maximum atomic E-state index is 11.7. The Morgan fingerprint density at radius 2 is 2.21 bits per heavy atom. The van der Waals surface area contributed by atoms with Gasteiger partial charge in [-0.05, 0) is 6.92 Å². The van der Waals surface area contributed by atoms with Gasteiger partial charge in [0.2, 0.25) is 0 Å². The van der Waals surface area contributed by atoms with Gasteiger partial charge in [0.25, 0.3) is 12.2 Å². The summed E-state index contributed by atoms with van der Waals surface area (Å²) in [6, 6.07) is -0.194. The minimum atomic E-state index is -0.807. The normalized spacial score (nSPS) is 38.2. The molecule has 0 bridgehead atoms. The summed E-state index contributed by atoms with van der Waals surface area (Å²) >= 11 is 0. The van der Waals surface area contributed by atoms with E-state index < -0.39 is 18.4 Å². The van der Waals surface area contributed by atoms with Crippen LogP contribution in [0.1, 0.15) is 6.92 Å². The molecule has 0 radical (unpaired) electrons. The standard InChI is InChI=1S/C13H13NO5/c1-6-4-10(19-13(6)17)18-5-7-11-8(14-12(7)16)2-3-9(11)15/h2-5,8-11,15H,1H3,(H,14,16)/b7-5+/t8-,9-,10+,11-/m1/s1. The van der Waals surface area contributed by atoms with Crippen LogP contribution in [0, 0.1) is 5.92 Å². The van der Waals surface area contributed by atoms with Gasteiger partial charge < -0.3 is 19.9 Å². The number of esters is 1. The van der Waals surface area contributed by atoms with Crippen molar-refractivity contribution >= 4 is 11.9 Å². The van der Waals surface area contributed by atoms with E-state index in [2.05, 4.69) is 5.32 Å². The average molecular weight is 263 g/mol. The van der Waals surface area contributed by atoms with E-state index in [1.807, 2.05) is 0 Å². The molecule has 2 N–H and O–H groups in total. The van der Waals surface area contributed by atoms with E-state index in [1.54, 1.807) is 19.1 Å². The lowest BCUT2D eigenvalue weighted by atomic mass is 9.96. The lowest BCUT2D eigenvalue weighted by molar-refractivity contribution is -0.152. The van der Waals surface area contributed by atoms with Gasteiger partial charge in [-0.3, -0.25) is 4.79 Å². The number of amides is 1. The SMILES string of the molecule is CC1=C[C@@H](O/C=C2/C(=O)N[C@@H]3C=C[C@@H](O)[C@H]23)OC1=O. The summed E-state index contributed by atoms with van der Waals surface area (Å²) in [6.45, 7) is 1.63. The van der Waals surface area contributed by atoms with Gasteiger partial charge in [0.15, 0.2) is 0 Å². The van der Waals surface area contributed by atoms with Gasteiger partial charge in [0.05, 0.1) is 24.0 Å². The van der Waals surface area contributed by atoms with Crippen LogP contribution in [0.4, 0.5) is 0 Å². The first kappa shape index (κ1) is 12.0. The largest absolute Gasteiger partial charge is 0.458 e. The third-order valence-electron chi connectivity index (χ3n) is 3.45. The van der Waals surface area contributed by atoms with Crippen molar-refractivity contribution in [2.24, 2.45) is 5.92 Å². The lowest BCUT2D eigenvalue weighted by Crippen LogP contribution is -2.27. The van der Waals surface area contributed by atoms with E-state index in [0.717, 1.165) is 0 Å². The second-order valence-electron chi connectivity index (χ2n) is 4.73. The van der Waals surface area contributed by atoms with Gasteiger partial charge >= 0.3 is 5.97 Å². The predicted octanol–water partition coefficient (Wildman–Crippen LogP) is -0.239. The Hall–Kier alpha value is -2.08. The first-order valence-corrected chi connectivity index (χ1v) is 5.98. The second kappa shape index (κ2) is 4.24. The summed E-state index contributed by atoms with van der Waals surface area (Å²) in [6.07, 6.45) is 4.69. The molecule has 0 saturated carbocycles. The molecule has 100 valence electrons. The van der Waals surface area contributed by atoms with Crippen LogP contribution in [0.2, 0.25) is 0 Å².